The van der Waals surface area contributed by atoms with Crippen molar-refractivity contribution in [3.05, 3.63) is 76.4 Å². The van der Waals surface area contributed by atoms with Crippen LogP contribution in [0.4, 0.5) is 13.2 Å². The summed E-state index contributed by atoms with van der Waals surface area (Å²) in [6, 6.07) is 6.82. The largest absolute Gasteiger partial charge is 0.417 e. The number of alkyl halides is 3. The summed E-state index contributed by atoms with van der Waals surface area (Å²) in [6.07, 6.45) is -2.35. The average Bonchev–Trinajstić information content (AvgIpc) is 3.33. The van der Waals surface area contributed by atoms with E-state index in [1.54, 1.807) is 18.2 Å². The molecule has 0 spiro atoms. The normalized spacial score (nSPS) is 14.1. The summed E-state index contributed by atoms with van der Waals surface area (Å²) in [5.41, 5.74) is 0.621. The molecule has 0 fully saturated rings. The number of aromatic amines is 1. The van der Waals surface area contributed by atoms with E-state index in [1.165, 1.54) is 18.0 Å². The van der Waals surface area contributed by atoms with Gasteiger partial charge in [0.1, 0.15) is 11.4 Å². The van der Waals surface area contributed by atoms with Crippen LogP contribution in [0, 0.1) is 0 Å². The number of H-pyrrole nitrogens is 1. The SMILES string of the molecule is CCS(=O)(=O)c1nc(C(=O)N2CCc3c(cccc3C(=O)c3ccc(C(F)(F)F)cn3)C2)c[nH]1. The molecule has 3 heterocycles. The average molecular weight is 492 g/mol. The topological polar surface area (TPSA) is 113 Å². The van der Waals surface area contributed by atoms with Crippen LogP contribution in [0.3, 0.4) is 0 Å². The van der Waals surface area contributed by atoms with Crippen LogP contribution in [0.5, 0.6) is 0 Å². The molecule has 1 N–H and O–H groups in total. The summed E-state index contributed by atoms with van der Waals surface area (Å²) in [5, 5.41) is -0.271. The van der Waals surface area contributed by atoms with Gasteiger partial charge in [-0.25, -0.2) is 13.4 Å². The molecule has 0 unspecified atom stereocenters. The number of carbonyl (C=O) groups excluding carboxylic acids is 2. The first kappa shape index (κ1) is 23.6. The van der Waals surface area contributed by atoms with Gasteiger partial charge in [0.2, 0.25) is 20.8 Å². The van der Waals surface area contributed by atoms with Crippen molar-refractivity contribution in [2.24, 2.45) is 0 Å². The van der Waals surface area contributed by atoms with E-state index in [0.717, 1.165) is 12.1 Å². The molecular weight excluding hydrogens is 473 g/mol. The minimum absolute atomic E-state index is 0.0309. The summed E-state index contributed by atoms with van der Waals surface area (Å²) in [5.74, 6) is -1.12. The molecule has 1 aromatic carbocycles. The first-order chi connectivity index (χ1) is 16.0. The van der Waals surface area contributed by atoms with E-state index in [1.807, 2.05) is 0 Å². The van der Waals surface area contributed by atoms with E-state index >= 15 is 0 Å². The van der Waals surface area contributed by atoms with Gasteiger partial charge in [-0.3, -0.25) is 14.6 Å². The zero-order valence-electron chi connectivity index (χ0n) is 17.9. The molecule has 1 amide bonds. The molecule has 3 aromatic rings. The van der Waals surface area contributed by atoms with Crippen molar-refractivity contribution in [2.45, 2.75) is 31.2 Å². The molecule has 0 atom stereocenters. The number of benzene rings is 1. The van der Waals surface area contributed by atoms with Crippen molar-refractivity contribution in [1.82, 2.24) is 19.9 Å². The van der Waals surface area contributed by atoms with Crippen LogP contribution in [0.1, 0.15) is 50.2 Å². The fraction of sp³-hybridized carbons (Fsp3) is 0.273. The number of halogens is 3. The Morgan fingerprint density at radius 1 is 1.15 bits per heavy atom. The van der Waals surface area contributed by atoms with Crippen molar-refractivity contribution >= 4 is 21.5 Å². The predicted octanol–water partition coefficient (Wildman–Crippen LogP) is 3.05. The maximum atomic E-state index is 12.9. The number of hydrogen-bond donors (Lipinski definition) is 1. The highest BCUT2D eigenvalue weighted by molar-refractivity contribution is 7.91. The first-order valence-corrected chi connectivity index (χ1v) is 11.9. The summed E-state index contributed by atoms with van der Waals surface area (Å²) < 4.78 is 62.2. The first-order valence-electron chi connectivity index (χ1n) is 10.3. The standard InChI is InChI=1S/C22H19F3N4O4S/c1-2-34(32,33)21-27-11-18(28-21)20(31)29-9-8-15-13(12-29)4-3-5-16(15)19(30)17-7-6-14(10-26-17)22(23,24)25/h3-7,10-11H,2,8-9,12H2,1H3,(H,27,28). The second-order valence-corrected chi connectivity index (χ2v) is 9.87. The number of imidazole rings is 1. The van der Waals surface area contributed by atoms with Gasteiger partial charge in [0.15, 0.2) is 0 Å². The van der Waals surface area contributed by atoms with E-state index < -0.39 is 33.3 Å². The number of rotatable bonds is 5. The Kier molecular flexibility index (Phi) is 6.02. The Hall–Kier alpha value is -3.54. The molecule has 178 valence electrons. The van der Waals surface area contributed by atoms with Crippen molar-refractivity contribution in [1.29, 1.82) is 0 Å². The molecule has 0 saturated carbocycles. The number of carbonyl (C=O) groups is 2. The van der Waals surface area contributed by atoms with Gasteiger partial charge in [0, 0.05) is 31.0 Å². The van der Waals surface area contributed by atoms with E-state index in [4.69, 9.17) is 0 Å². The molecule has 0 radical (unpaired) electrons. The number of hydrogen-bond acceptors (Lipinski definition) is 6. The van der Waals surface area contributed by atoms with Crippen molar-refractivity contribution in [2.75, 3.05) is 12.3 Å². The third-order valence-electron chi connectivity index (χ3n) is 5.57. The van der Waals surface area contributed by atoms with Crippen molar-refractivity contribution < 1.29 is 31.2 Å². The molecule has 1 aliphatic rings. The second-order valence-electron chi connectivity index (χ2n) is 7.67. The van der Waals surface area contributed by atoms with Crippen LogP contribution >= 0.6 is 0 Å². The van der Waals surface area contributed by atoms with Crippen LogP contribution in [0.2, 0.25) is 0 Å². The highest BCUT2D eigenvalue weighted by atomic mass is 32.2. The monoisotopic (exact) mass is 492 g/mol. The molecular formula is C22H19F3N4O4S. The van der Waals surface area contributed by atoms with Crippen LogP contribution in [-0.2, 0) is 29.0 Å². The molecule has 34 heavy (non-hydrogen) atoms. The molecule has 4 rings (SSSR count). The van der Waals surface area contributed by atoms with Gasteiger partial charge < -0.3 is 9.88 Å². The van der Waals surface area contributed by atoms with E-state index in [9.17, 15) is 31.2 Å². The molecule has 0 bridgehead atoms. The highest BCUT2D eigenvalue weighted by Gasteiger charge is 2.32. The molecule has 2 aromatic heterocycles. The van der Waals surface area contributed by atoms with Gasteiger partial charge in [0.05, 0.1) is 11.3 Å². The number of amides is 1. The lowest BCUT2D eigenvalue weighted by Gasteiger charge is -2.29. The smallest absolute Gasteiger partial charge is 0.335 e. The minimum atomic E-state index is -4.55. The number of fused-ring (bicyclic) bond motifs is 1. The van der Waals surface area contributed by atoms with E-state index in [-0.39, 0.29) is 35.4 Å². The number of sulfone groups is 1. The van der Waals surface area contributed by atoms with Crippen LogP contribution in [0.25, 0.3) is 0 Å². The molecule has 1 aliphatic heterocycles. The van der Waals surface area contributed by atoms with Gasteiger partial charge in [-0.1, -0.05) is 25.1 Å². The Morgan fingerprint density at radius 3 is 2.56 bits per heavy atom. The van der Waals surface area contributed by atoms with Crippen molar-refractivity contribution in [3.63, 3.8) is 0 Å². The van der Waals surface area contributed by atoms with Gasteiger partial charge >= 0.3 is 6.18 Å². The highest BCUT2D eigenvalue weighted by Crippen LogP contribution is 2.29. The Labute approximate surface area is 192 Å². The minimum Gasteiger partial charge on any atom is -0.335 e. The summed E-state index contributed by atoms with van der Waals surface area (Å²) >= 11 is 0. The van der Waals surface area contributed by atoms with Crippen LogP contribution in [-0.4, -0.2) is 52.3 Å². The molecule has 8 nitrogen and oxygen atoms in total. The summed E-state index contributed by atoms with van der Waals surface area (Å²) in [7, 11) is -3.59. The third kappa shape index (κ3) is 4.45. The number of nitrogens with zero attached hydrogens (tertiary/aromatic N) is 3. The third-order valence-corrected chi connectivity index (χ3v) is 7.13. The second kappa shape index (κ2) is 8.67. The Bertz CT molecular complexity index is 1370. The fourth-order valence-electron chi connectivity index (χ4n) is 3.70. The molecule has 12 heteroatoms. The number of nitrogens with one attached hydrogen (secondary N) is 1. The Morgan fingerprint density at radius 2 is 1.91 bits per heavy atom. The van der Waals surface area contributed by atoms with E-state index in [2.05, 4.69) is 15.0 Å². The summed E-state index contributed by atoms with van der Waals surface area (Å²) in [4.78, 5) is 37.4. The lowest BCUT2D eigenvalue weighted by Crippen LogP contribution is -2.36. The maximum Gasteiger partial charge on any atom is 0.417 e. The number of aromatic nitrogens is 3. The van der Waals surface area contributed by atoms with Gasteiger partial charge in [-0.05, 0) is 29.7 Å². The van der Waals surface area contributed by atoms with Gasteiger partial charge in [-0.15, -0.1) is 0 Å². The zero-order valence-corrected chi connectivity index (χ0v) is 18.7. The maximum absolute atomic E-state index is 12.9. The quantitative estimate of drug-likeness (QED) is 0.548. The van der Waals surface area contributed by atoms with Crippen LogP contribution < -0.4 is 0 Å². The molecule has 0 saturated heterocycles. The van der Waals surface area contributed by atoms with Gasteiger partial charge in [0.25, 0.3) is 5.91 Å². The van der Waals surface area contributed by atoms with Crippen LogP contribution in [0.15, 0.2) is 47.9 Å². The Balaban J connectivity index is 1.55. The lowest BCUT2D eigenvalue weighted by atomic mass is 9.91. The summed E-state index contributed by atoms with van der Waals surface area (Å²) in [6.45, 7) is 1.89. The molecule has 0 aliphatic carbocycles. The number of pyridine rings is 1. The lowest BCUT2D eigenvalue weighted by molar-refractivity contribution is -0.137. The van der Waals surface area contributed by atoms with Crippen molar-refractivity contribution in [3.8, 4) is 0 Å². The fourth-order valence-corrected chi connectivity index (χ4v) is 4.45. The zero-order chi connectivity index (χ0) is 24.7. The number of ketones is 1. The predicted molar refractivity (Wildman–Crippen MR) is 114 cm³/mol. The van der Waals surface area contributed by atoms with E-state index in [0.29, 0.717) is 29.3 Å². The van der Waals surface area contributed by atoms with Gasteiger partial charge in [-0.2, -0.15) is 13.2 Å².